The zero-order valence-corrected chi connectivity index (χ0v) is 11.6. The summed E-state index contributed by atoms with van der Waals surface area (Å²) in [6, 6.07) is 0. The highest BCUT2D eigenvalue weighted by Gasteiger charge is 2.37. The summed E-state index contributed by atoms with van der Waals surface area (Å²) >= 11 is 0. The lowest BCUT2D eigenvalue weighted by atomic mass is 9.97. The van der Waals surface area contributed by atoms with Crippen LogP contribution in [0.4, 0.5) is 0 Å². The molecule has 0 unspecified atom stereocenters. The fourth-order valence-electron chi connectivity index (χ4n) is 3.15. The summed E-state index contributed by atoms with van der Waals surface area (Å²) in [6.07, 6.45) is 5.10. The molecule has 2 aliphatic rings. The fourth-order valence-corrected chi connectivity index (χ4v) is 3.15. The second-order valence-electron chi connectivity index (χ2n) is 5.64. The Balaban J connectivity index is 0.000000204. The molecule has 0 aromatic rings. The summed E-state index contributed by atoms with van der Waals surface area (Å²) in [5.41, 5.74) is 0. The molecule has 0 bridgehead atoms. The van der Waals surface area contributed by atoms with Crippen LogP contribution in [0.3, 0.4) is 0 Å². The van der Waals surface area contributed by atoms with Crippen molar-refractivity contribution in [3.8, 4) is 0 Å². The van der Waals surface area contributed by atoms with Gasteiger partial charge in [0.15, 0.2) is 0 Å². The molecular weight excluding hydrogens is 264 g/mol. The summed E-state index contributed by atoms with van der Waals surface area (Å²) in [6.45, 7) is 0.510. The van der Waals surface area contributed by atoms with Gasteiger partial charge in [0.2, 0.25) is 0 Å². The lowest BCUT2D eigenvalue weighted by Gasteiger charge is -2.12. The van der Waals surface area contributed by atoms with E-state index in [2.05, 4.69) is 0 Å². The van der Waals surface area contributed by atoms with E-state index in [-0.39, 0.29) is 13.2 Å². The quantitative estimate of drug-likeness (QED) is 0.612. The van der Waals surface area contributed by atoms with E-state index >= 15 is 0 Å². The van der Waals surface area contributed by atoms with Gasteiger partial charge >= 0.3 is 11.9 Å². The van der Waals surface area contributed by atoms with E-state index in [1.807, 2.05) is 0 Å². The van der Waals surface area contributed by atoms with Gasteiger partial charge in [-0.3, -0.25) is 9.59 Å². The molecule has 6 nitrogen and oxygen atoms in total. The first-order valence-electron chi connectivity index (χ1n) is 7.18. The van der Waals surface area contributed by atoms with Crippen LogP contribution >= 0.6 is 0 Å². The van der Waals surface area contributed by atoms with Gasteiger partial charge in [-0.25, -0.2) is 0 Å². The van der Waals surface area contributed by atoms with Crippen LogP contribution in [0.5, 0.6) is 0 Å². The highest BCUT2D eigenvalue weighted by Crippen LogP contribution is 2.32. The minimum atomic E-state index is -0.977. The van der Waals surface area contributed by atoms with Crippen molar-refractivity contribution in [2.45, 2.75) is 38.5 Å². The van der Waals surface area contributed by atoms with Gasteiger partial charge in [0.25, 0.3) is 0 Å². The number of aliphatic carboxylic acids is 2. The molecule has 6 heteroatoms. The van der Waals surface area contributed by atoms with Gasteiger partial charge in [0, 0.05) is 13.2 Å². The SMILES string of the molecule is O=C(O)[C@H]1CCC[C@@H]1C(=O)O.OC[C@H]1CCC[C@@H]1CO. The number of aliphatic hydroxyl groups is 2. The number of hydrogen-bond donors (Lipinski definition) is 4. The largest absolute Gasteiger partial charge is 0.481 e. The molecule has 2 rings (SSSR count). The van der Waals surface area contributed by atoms with E-state index < -0.39 is 23.8 Å². The number of rotatable bonds is 4. The predicted octanol–water partition coefficient (Wildman–Crippen LogP) is 0.959. The standard InChI is InChI=1S/C7H10O4.C7H14O2/c8-6(9)4-2-1-3-5(4)7(10)11;8-4-6-2-1-3-7(6)5-9/h4-5H,1-3H2,(H,8,9)(H,10,11);6-9H,1-5H2/t4-,5-;6-,7-/m01/s1. The van der Waals surface area contributed by atoms with Crippen molar-refractivity contribution in [2.24, 2.45) is 23.7 Å². The van der Waals surface area contributed by atoms with Crippen LogP contribution in [0, 0.1) is 23.7 Å². The molecule has 0 saturated heterocycles. The summed E-state index contributed by atoms with van der Waals surface area (Å²) in [4.78, 5) is 20.9. The van der Waals surface area contributed by atoms with Crippen LogP contribution in [-0.2, 0) is 9.59 Å². The fraction of sp³-hybridized carbons (Fsp3) is 0.857. The highest BCUT2D eigenvalue weighted by molar-refractivity contribution is 5.80. The van der Waals surface area contributed by atoms with E-state index in [1.165, 1.54) is 6.42 Å². The van der Waals surface area contributed by atoms with Gasteiger partial charge in [0.05, 0.1) is 11.8 Å². The molecule has 0 heterocycles. The zero-order chi connectivity index (χ0) is 15.1. The Labute approximate surface area is 118 Å². The Kier molecular flexibility index (Phi) is 6.95. The third kappa shape index (κ3) is 4.45. The Morgan fingerprint density at radius 2 is 1.10 bits per heavy atom. The molecule has 0 aromatic carbocycles. The third-order valence-electron chi connectivity index (χ3n) is 4.44. The zero-order valence-electron chi connectivity index (χ0n) is 11.6. The van der Waals surface area contributed by atoms with E-state index in [0.717, 1.165) is 12.8 Å². The van der Waals surface area contributed by atoms with Gasteiger partial charge in [-0.2, -0.15) is 0 Å². The Hall–Kier alpha value is -1.14. The van der Waals surface area contributed by atoms with Gasteiger partial charge in [0.1, 0.15) is 0 Å². The molecule has 0 amide bonds. The normalized spacial score (nSPS) is 32.5. The van der Waals surface area contributed by atoms with Gasteiger partial charge < -0.3 is 20.4 Å². The predicted molar refractivity (Wildman–Crippen MR) is 71.1 cm³/mol. The van der Waals surface area contributed by atoms with E-state index in [9.17, 15) is 9.59 Å². The summed E-state index contributed by atoms with van der Waals surface area (Å²) in [5, 5.41) is 34.7. The molecule has 2 saturated carbocycles. The molecule has 0 spiro atoms. The topological polar surface area (TPSA) is 115 Å². The van der Waals surface area contributed by atoms with Crippen LogP contribution in [0.25, 0.3) is 0 Å². The Morgan fingerprint density at radius 1 is 0.750 bits per heavy atom. The summed E-state index contributed by atoms with van der Waals surface area (Å²) in [7, 11) is 0. The average molecular weight is 288 g/mol. The molecular formula is C14H24O6. The van der Waals surface area contributed by atoms with Crippen molar-refractivity contribution >= 4 is 11.9 Å². The minimum absolute atomic E-state index is 0.255. The lowest BCUT2D eigenvalue weighted by molar-refractivity contribution is -0.152. The second-order valence-corrected chi connectivity index (χ2v) is 5.64. The van der Waals surface area contributed by atoms with Gasteiger partial charge in [-0.1, -0.05) is 12.8 Å². The molecule has 20 heavy (non-hydrogen) atoms. The number of carboxylic acids is 2. The minimum Gasteiger partial charge on any atom is -0.481 e. The Morgan fingerprint density at radius 3 is 1.40 bits per heavy atom. The van der Waals surface area contributed by atoms with Crippen molar-refractivity contribution < 1.29 is 30.0 Å². The van der Waals surface area contributed by atoms with Crippen molar-refractivity contribution in [3.63, 3.8) is 0 Å². The molecule has 4 N–H and O–H groups in total. The van der Waals surface area contributed by atoms with E-state index in [4.69, 9.17) is 20.4 Å². The summed E-state index contributed by atoms with van der Waals surface area (Å²) < 4.78 is 0. The molecule has 0 aliphatic heterocycles. The second kappa shape index (κ2) is 8.21. The number of aliphatic hydroxyl groups excluding tert-OH is 2. The molecule has 116 valence electrons. The number of hydrogen-bond acceptors (Lipinski definition) is 4. The van der Waals surface area contributed by atoms with Crippen molar-refractivity contribution in [3.05, 3.63) is 0 Å². The molecule has 0 radical (unpaired) electrons. The summed E-state index contributed by atoms with van der Waals surface area (Å²) in [5.74, 6) is -2.50. The third-order valence-corrected chi connectivity index (χ3v) is 4.44. The maximum Gasteiger partial charge on any atom is 0.307 e. The van der Waals surface area contributed by atoms with Crippen LogP contribution in [-0.4, -0.2) is 45.6 Å². The number of carbonyl (C=O) groups is 2. The highest BCUT2D eigenvalue weighted by atomic mass is 16.4. The molecule has 0 aromatic heterocycles. The van der Waals surface area contributed by atoms with Crippen LogP contribution in [0.1, 0.15) is 38.5 Å². The Bertz CT molecular complexity index is 300. The van der Waals surface area contributed by atoms with Crippen LogP contribution < -0.4 is 0 Å². The maximum atomic E-state index is 10.5. The van der Waals surface area contributed by atoms with Gasteiger partial charge in [-0.15, -0.1) is 0 Å². The lowest BCUT2D eigenvalue weighted by Crippen LogP contribution is -2.24. The molecule has 2 aliphatic carbocycles. The van der Waals surface area contributed by atoms with Gasteiger partial charge in [-0.05, 0) is 37.5 Å². The first kappa shape index (κ1) is 16.9. The molecule has 4 atom stereocenters. The average Bonchev–Trinajstić information content (AvgIpc) is 3.07. The van der Waals surface area contributed by atoms with Crippen LogP contribution in [0.2, 0.25) is 0 Å². The monoisotopic (exact) mass is 288 g/mol. The van der Waals surface area contributed by atoms with E-state index in [1.54, 1.807) is 0 Å². The smallest absolute Gasteiger partial charge is 0.307 e. The molecule has 2 fully saturated rings. The first-order chi connectivity index (χ1) is 9.51. The van der Waals surface area contributed by atoms with Crippen molar-refractivity contribution in [1.82, 2.24) is 0 Å². The maximum absolute atomic E-state index is 10.5. The first-order valence-corrected chi connectivity index (χ1v) is 7.18. The van der Waals surface area contributed by atoms with Crippen LogP contribution in [0.15, 0.2) is 0 Å². The van der Waals surface area contributed by atoms with Crippen molar-refractivity contribution in [2.75, 3.05) is 13.2 Å². The van der Waals surface area contributed by atoms with Crippen molar-refractivity contribution in [1.29, 1.82) is 0 Å². The number of carboxylic acid groups (broad SMARTS) is 2. The van der Waals surface area contributed by atoms with E-state index in [0.29, 0.717) is 31.1 Å².